The normalized spacial score (nSPS) is 33.0. The molecular formula is C38H68O2. The highest BCUT2D eigenvalue weighted by molar-refractivity contribution is 5.23. The lowest BCUT2D eigenvalue weighted by atomic mass is 9.52. The van der Waals surface area contributed by atoms with Gasteiger partial charge in [0.05, 0.1) is 6.61 Å². The van der Waals surface area contributed by atoms with Gasteiger partial charge in [-0.15, -0.1) is 0 Å². The molecule has 3 rings (SSSR count). The molecule has 0 saturated heterocycles. The first kappa shape index (κ1) is 33.9. The predicted octanol–water partition coefficient (Wildman–Crippen LogP) is 11.5. The fourth-order valence-electron chi connectivity index (χ4n) is 8.87. The molecule has 0 bridgehead atoms. The fourth-order valence-corrected chi connectivity index (χ4v) is 8.87. The maximum absolute atomic E-state index is 6.03. The van der Waals surface area contributed by atoms with E-state index in [0.717, 1.165) is 25.0 Å². The van der Waals surface area contributed by atoms with Crippen molar-refractivity contribution in [2.45, 2.75) is 155 Å². The first-order valence-corrected chi connectivity index (χ1v) is 18.1. The monoisotopic (exact) mass is 557 g/mol. The zero-order chi connectivity index (χ0) is 28.5. The van der Waals surface area contributed by atoms with Crippen molar-refractivity contribution in [1.29, 1.82) is 0 Å². The van der Waals surface area contributed by atoms with E-state index in [1.54, 1.807) is 5.57 Å². The van der Waals surface area contributed by atoms with Crippen LogP contribution in [0.5, 0.6) is 0 Å². The molecule has 0 aliphatic heterocycles. The van der Waals surface area contributed by atoms with Crippen LogP contribution in [0, 0.1) is 35.0 Å². The molecule has 3 aliphatic carbocycles. The molecule has 2 nitrogen and oxygen atoms in total. The van der Waals surface area contributed by atoms with Crippen molar-refractivity contribution in [1.82, 2.24) is 0 Å². The minimum atomic E-state index is 0.263. The van der Waals surface area contributed by atoms with E-state index in [1.807, 2.05) is 14.2 Å². The molecule has 6 unspecified atom stereocenters. The summed E-state index contributed by atoms with van der Waals surface area (Å²) in [6.45, 7) is 6.54. The van der Waals surface area contributed by atoms with Crippen molar-refractivity contribution < 1.29 is 9.47 Å². The summed E-state index contributed by atoms with van der Waals surface area (Å²) in [6.07, 6.45) is 38.8. The van der Waals surface area contributed by atoms with Crippen molar-refractivity contribution in [3.8, 4) is 0 Å². The molecule has 0 aromatic heterocycles. The lowest BCUT2D eigenvalue weighted by Gasteiger charge is -2.52. The van der Waals surface area contributed by atoms with E-state index in [-0.39, 0.29) is 5.41 Å². The van der Waals surface area contributed by atoms with E-state index in [2.05, 4.69) is 32.1 Å². The van der Waals surface area contributed by atoms with Gasteiger partial charge in [-0.3, -0.25) is 0 Å². The molecule has 6 atom stereocenters. The number of hydrogen-bond donors (Lipinski definition) is 0. The Morgan fingerprint density at radius 3 is 2.15 bits per heavy atom. The first-order valence-electron chi connectivity index (χ1n) is 18.1. The molecule has 0 aromatic rings. The van der Waals surface area contributed by atoms with Crippen molar-refractivity contribution in [2.75, 3.05) is 27.4 Å². The van der Waals surface area contributed by atoms with Gasteiger partial charge < -0.3 is 9.47 Å². The summed E-state index contributed by atoms with van der Waals surface area (Å²) >= 11 is 0. The highest BCUT2D eigenvalue weighted by atomic mass is 16.5. The van der Waals surface area contributed by atoms with Crippen LogP contribution in [-0.2, 0) is 9.47 Å². The molecule has 1 spiro atoms. The number of allylic oxidation sites excluding steroid dienone is 3. The summed E-state index contributed by atoms with van der Waals surface area (Å²) in [5, 5.41) is 0. The molecule has 0 N–H and O–H groups in total. The third-order valence-corrected chi connectivity index (χ3v) is 11.2. The Labute approximate surface area is 250 Å². The topological polar surface area (TPSA) is 18.5 Å². The molecule has 2 saturated carbocycles. The largest absolute Gasteiger partial charge is 0.384 e. The summed E-state index contributed by atoms with van der Waals surface area (Å²) in [5.41, 5.74) is 2.03. The average molecular weight is 557 g/mol. The van der Waals surface area contributed by atoms with Crippen LogP contribution >= 0.6 is 0 Å². The molecule has 2 heteroatoms. The Bertz CT molecular complexity index is 710. The highest BCUT2D eigenvalue weighted by Crippen LogP contribution is 2.56. The lowest BCUT2D eigenvalue weighted by molar-refractivity contribution is 0.00418. The number of rotatable bonds is 15. The van der Waals surface area contributed by atoms with Gasteiger partial charge in [-0.2, -0.15) is 0 Å². The van der Waals surface area contributed by atoms with E-state index in [1.165, 1.54) is 141 Å². The van der Waals surface area contributed by atoms with Crippen LogP contribution < -0.4 is 0 Å². The number of unbranched alkanes of at least 4 members (excludes halogenated alkanes) is 6. The zero-order valence-electron chi connectivity index (χ0n) is 27.4. The van der Waals surface area contributed by atoms with Crippen molar-refractivity contribution >= 4 is 0 Å². The SMILES string of the molecule is CCCCCCC1C=CC2(CCCCCCC2COC)C(/C=C2\CCCCCCC2COC)C1CCCCCC. The summed E-state index contributed by atoms with van der Waals surface area (Å²) in [5.74, 6) is 3.44. The van der Waals surface area contributed by atoms with Gasteiger partial charge in [0, 0.05) is 26.7 Å². The molecular weight excluding hydrogens is 488 g/mol. The fraction of sp³-hybridized carbons (Fsp3) is 0.895. The van der Waals surface area contributed by atoms with Gasteiger partial charge in [0.25, 0.3) is 0 Å². The molecule has 232 valence electrons. The smallest absolute Gasteiger partial charge is 0.0527 e. The molecule has 0 radical (unpaired) electrons. The van der Waals surface area contributed by atoms with E-state index in [9.17, 15) is 0 Å². The molecule has 0 heterocycles. The maximum atomic E-state index is 6.03. The third-order valence-electron chi connectivity index (χ3n) is 11.2. The van der Waals surface area contributed by atoms with Crippen molar-refractivity contribution in [3.05, 3.63) is 23.8 Å². The predicted molar refractivity (Wildman–Crippen MR) is 174 cm³/mol. The third kappa shape index (κ3) is 10.00. The standard InChI is InChI=1S/C38H68O2/c1-5-7-9-15-21-32-26-28-38(27-20-14-13-18-24-35(38)31-40-4)37(36(32)25-19-10-8-6-2)29-33-22-16-11-12-17-23-34(33)30-39-3/h26,28-29,32,34-37H,5-25,27,30-31H2,1-4H3/b33-29+. The van der Waals surface area contributed by atoms with Crippen LogP contribution in [0.1, 0.15) is 155 Å². The van der Waals surface area contributed by atoms with Gasteiger partial charge in [0.2, 0.25) is 0 Å². The molecule has 0 aromatic carbocycles. The van der Waals surface area contributed by atoms with Crippen LogP contribution in [0.3, 0.4) is 0 Å². The van der Waals surface area contributed by atoms with Crippen LogP contribution in [0.25, 0.3) is 0 Å². The zero-order valence-corrected chi connectivity index (χ0v) is 27.4. The Morgan fingerprint density at radius 1 is 0.750 bits per heavy atom. The molecule has 0 amide bonds. The van der Waals surface area contributed by atoms with Crippen LogP contribution in [0.4, 0.5) is 0 Å². The van der Waals surface area contributed by atoms with Crippen LogP contribution in [0.2, 0.25) is 0 Å². The Morgan fingerprint density at radius 2 is 1.43 bits per heavy atom. The van der Waals surface area contributed by atoms with Gasteiger partial charge in [0.15, 0.2) is 0 Å². The average Bonchev–Trinajstić information content (AvgIpc) is 2.94. The van der Waals surface area contributed by atoms with E-state index < -0.39 is 0 Å². The van der Waals surface area contributed by atoms with Gasteiger partial charge >= 0.3 is 0 Å². The maximum Gasteiger partial charge on any atom is 0.0527 e. The number of hydrogen-bond acceptors (Lipinski definition) is 2. The quantitative estimate of drug-likeness (QED) is 0.147. The Kier molecular flexibility index (Phi) is 16.6. The first-order chi connectivity index (χ1) is 19.7. The summed E-state index contributed by atoms with van der Waals surface area (Å²) in [4.78, 5) is 0. The van der Waals surface area contributed by atoms with Crippen molar-refractivity contribution in [2.24, 2.45) is 35.0 Å². The second-order valence-electron chi connectivity index (χ2n) is 14.0. The minimum Gasteiger partial charge on any atom is -0.384 e. The van der Waals surface area contributed by atoms with E-state index in [4.69, 9.17) is 9.47 Å². The molecule has 2 fully saturated rings. The van der Waals surface area contributed by atoms with E-state index >= 15 is 0 Å². The molecule has 3 aliphatic rings. The second-order valence-corrected chi connectivity index (χ2v) is 14.0. The van der Waals surface area contributed by atoms with Crippen molar-refractivity contribution in [3.63, 3.8) is 0 Å². The highest BCUT2D eigenvalue weighted by Gasteiger charge is 2.49. The summed E-state index contributed by atoms with van der Waals surface area (Å²) in [6, 6.07) is 0. The van der Waals surface area contributed by atoms with E-state index in [0.29, 0.717) is 17.8 Å². The second kappa shape index (κ2) is 19.6. The summed E-state index contributed by atoms with van der Waals surface area (Å²) in [7, 11) is 3.88. The minimum absolute atomic E-state index is 0.263. The van der Waals surface area contributed by atoms with Gasteiger partial charge in [0.1, 0.15) is 0 Å². The van der Waals surface area contributed by atoms with Gasteiger partial charge in [-0.05, 0) is 74.0 Å². The van der Waals surface area contributed by atoms with Crippen LogP contribution in [-0.4, -0.2) is 27.4 Å². The lowest BCUT2D eigenvalue weighted by Crippen LogP contribution is -2.46. The summed E-state index contributed by atoms with van der Waals surface area (Å²) < 4.78 is 11.9. The molecule has 40 heavy (non-hydrogen) atoms. The Hall–Kier alpha value is -0.600. The Balaban J connectivity index is 2.07. The number of ether oxygens (including phenoxy) is 2. The number of methoxy groups -OCH3 is 2. The van der Waals surface area contributed by atoms with Gasteiger partial charge in [-0.1, -0.05) is 134 Å². The van der Waals surface area contributed by atoms with Gasteiger partial charge in [-0.25, -0.2) is 0 Å². The van der Waals surface area contributed by atoms with Crippen LogP contribution in [0.15, 0.2) is 23.8 Å².